The molecule has 6 nitrogen and oxygen atoms in total. The Morgan fingerprint density at radius 2 is 1.88 bits per heavy atom. The molecule has 2 heterocycles. The number of piperazine rings is 1. The summed E-state index contributed by atoms with van der Waals surface area (Å²) in [6.07, 6.45) is 3.51. The van der Waals surface area contributed by atoms with Gasteiger partial charge in [0.1, 0.15) is 23.5 Å². The molecule has 0 aliphatic carbocycles. The normalized spacial score (nSPS) is 19.0. The van der Waals surface area contributed by atoms with Crippen molar-refractivity contribution in [1.29, 1.82) is 5.26 Å². The summed E-state index contributed by atoms with van der Waals surface area (Å²) in [5.41, 5.74) is 1.94. The Morgan fingerprint density at radius 3 is 2.58 bits per heavy atom. The van der Waals surface area contributed by atoms with Crippen molar-refractivity contribution in [3.05, 3.63) is 71.2 Å². The van der Waals surface area contributed by atoms with E-state index in [2.05, 4.69) is 4.98 Å². The van der Waals surface area contributed by atoms with Crippen LogP contribution in [0.4, 0.5) is 0 Å². The van der Waals surface area contributed by atoms with E-state index in [0.717, 1.165) is 5.56 Å². The number of hydrogen-bond acceptors (Lipinski definition) is 4. The molecule has 1 atom stereocenters. The molecule has 1 aromatic carbocycles. The third-order valence-electron chi connectivity index (χ3n) is 4.49. The van der Waals surface area contributed by atoms with Crippen LogP contribution < -0.4 is 0 Å². The molecule has 0 bridgehead atoms. The zero-order valence-electron chi connectivity index (χ0n) is 14.6. The third kappa shape index (κ3) is 3.20. The Hall–Kier alpha value is -3.46. The number of aromatic nitrogens is 1. The average molecular weight is 346 g/mol. The lowest BCUT2D eigenvalue weighted by Crippen LogP contribution is -2.56. The van der Waals surface area contributed by atoms with Crippen molar-refractivity contribution in [1.82, 2.24) is 14.8 Å². The SMILES string of the molecule is CN1C(=O)C(Cc2ccccc2)N(C)C(=O)C1=Cc1cccnc1C#N. The van der Waals surface area contributed by atoms with Crippen molar-refractivity contribution in [3.63, 3.8) is 0 Å². The summed E-state index contributed by atoms with van der Waals surface area (Å²) in [5, 5.41) is 9.17. The van der Waals surface area contributed by atoms with E-state index in [1.54, 1.807) is 32.3 Å². The number of carbonyl (C=O) groups excluding carboxylic acids is 2. The molecule has 130 valence electrons. The first-order valence-electron chi connectivity index (χ1n) is 8.18. The average Bonchev–Trinajstić information content (AvgIpc) is 2.68. The van der Waals surface area contributed by atoms with Gasteiger partial charge in [0.15, 0.2) is 0 Å². The van der Waals surface area contributed by atoms with Gasteiger partial charge in [-0.1, -0.05) is 36.4 Å². The van der Waals surface area contributed by atoms with Crippen LogP contribution in [0.5, 0.6) is 0 Å². The summed E-state index contributed by atoms with van der Waals surface area (Å²) >= 11 is 0. The number of rotatable bonds is 3. The fraction of sp³-hybridized carbons (Fsp3) is 0.200. The summed E-state index contributed by atoms with van der Waals surface area (Å²) in [7, 11) is 3.21. The molecule has 0 radical (unpaired) electrons. The molecule has 1 aliphatic rings. The first-order valence-corrected chi connectivity index (χ1v) is 8.18. The first kappa shape index (κ1) is 17.4. The van der Waals surface area contributed by atoms with E-state index < -0.39 is 6.04 Å². The zero-order chi connectivity index (χ0) is 18.7. The Morgan fingerprint density at radius 1 is 1.15 bits per heavy atom. The van der Waals surface area contributed by atoms with Gasteiger partial charge in [-0.3, -0.25) is 9.59 Å². The summed E-state index contributed by atoms with van der Waals surface area (Å²) in [6, 6.07) is 14.4. The fourth-order valence-corrected chi connectivity index (χ4v) is 2.97. The number of benzene rings is 1. The third-order valence-corrected chi connectivity index (χ3v) is 4.49. The maximum atomic E-state index is 12.9. The van der Waals surface area contributed by atoms with Gasteiger partial charge in [0, 0.05) is 32.3 Å². The molecule has 1 aromatic heterocycles. The van der Waals surface area contributed by atoms with Crippen LogP contribution in [0.3, 0.4) is 0 Å². The van der Waals surface area contributed by atoms with Crippen molar-refractivity contribution in [2.75, 3.05) is 14.1 Å². The second kappa shape index (κ2) is 7.19. The highest BCUT2D eigenvalue weighted by atomic mass is 16.2. The lowest BCUT2D eigenvalue weighted by Gasteiger charge is -2.38. The molecule has 26 heavy (non-hydrogen) atoms. The minimum atomic E-state index is -0.559. The van der Waals surface area contributed by atoms with Gasteiger partial charge in [0.2, 0.25) is 5.91 Å². The molecule has 3 rings (SSSR count). The molecule has 1 unspecified atom stereocenters. The summed E-state index contributed by atoms with van der Waals surface area (Å²) in [6.45, 7) is 0. The lowest BCUT2D eigenvalue weighted by atomic mass is 10.00. The van der Waals surface area contributed by atoms with Crippen LogP contribution in [-0.2, 0) is 16.0 Å². The van der Waals surface area contributed by atoms with E-state index >= 15 is 0 Å². The van der Waals surface area contributed by atoms with Crippen LogP contribution in [-0.4, -0.2) is 46.7 Å². The number of hydrogen-bond donors (Lipinski definition) is 0. The number of pyridine rings is 1. The van der Waals surface area contributed by atoms with Crippen LogP contribution in [0, 0.1) is 11.3 Å². The highest BCUT2D eigenvalue weighted by Crippen LogP contribution is 2.23. The van der Waals surface area contributed by atoms with Crippen molar-refractivity contribution in [2.24, 2.45) is 0 Å². The molecule has 0 N–H and O–H groups in total. The number of carbonyl (C=O) groups is 2. The molecule has 0 spiro atoms. The van der Waals surface area contributed by atoms with E-state index in [0.29, 0.717) is 12.0 Å². The lowest BCUT2D eigenvalue weighted by molar-refractivity contribution is -0.148. The second-order valence-corrected chi connectivity index (χ2v) is 6.10. The molecule has 2 amide bonds. The van der Waals surface area contributed by atoms with E-state index in [1.165, 1.54) is 16.0 Å². The Bertz CT molecular complexity index is 915. The Balaban J connectivity index is 1.93. The maximum absolute atomic E-state index is 12.9. The van der Waals surface area contributed by atoms with Crippen LogP contribution >= 0.6 is 0 Å². The summed E-state index contributed by atoms with van der Waals surface area (Å²) in [4.78, 5) is 32.5. The summed E-state index contributed by atoms with van der Waals surface area (Å²) < 4.78 is 0. The smallest absolute Gasteiger partial charge is 0.271 e. The van der Waals surface area contributed by atoms with Gasteiger partial charge in [0.25, 0.3) is 5.91 Å². The van der Waals surface area contributed by atoms with Gasteiger partial charge in [-0.15, -0.1) is 0 Å². The number of likely N-dealkylation sites (N-methyl/N-ethyl adjacent to an activating group) is 2. The predicted molar refractivity (Wildman–Crippen MR) is 96.4 cm³/mol. The number of amides is 2. The Labute approximate surface area is 152 Å². The quantitative estimate of drug-likeness (QED) is 0.795. The van der Waals surface area contributed by atoms with Gasteiger partial charge in [0.05, 0.1) is 0 Å². The standard InChI is InChI=1S/C20H18N4O2/c1-23-17(11-14-7-4-3-5-8-14)19(25)24(2)18(20(23)26)12-15-9-6-10-22-16(15)13-21/h3-10,12,17H,11H2,1-2H3. The van der Waals surface area contributed by atoms with Crippen molar-refractivity contribution in [3.8, 4) is 6.07 Å². The van der Waals surface area contributed by atoms with Crippen LogP contribution in [0.15, 0.2) is 54.4 Å². The monoisotopic (exact) mass is 346 g/mol. The maximum Gasteiger partial charge on any atom is 0.271 e. The predicted octanol–water partition coefficient (Wildman–Crippen LogP) is 1.84. The molecule has 2 aromatic rings. The Kier molecular flexibility index (Phi) is 4.81. The van der Waals surface area contributed by atoms with Crippen molar-refractivity contribution >= 4 is 17.9 Å². The molecular formula is C20H18N4O2. The van der Waals surface area contributed by atoms with Crippen molar-refractivity contribution < 1.29 is 9.59 Å². The molecule has 6 heteroatoms. The fourth-order valence-electron chi connectivity index (χ4n) is 2.97. The van der Waals surface area contributed by atoms with E-state index in [9.17, 15) is 14.9 Å². The minimum absolute atomic E-state index is 0.162. The van der Waals surface area contributed by atoms with Gasteiger partial charge in [-0.25, -0.2) is 4.98 Å². The molecular weight excluding hydrogens is 328 g/mol. The van der Waals surface area contributed by atoms with E-state index in [4.69, 9.17) is 0 Å². The zero-order valence-corrected chi connectivity index (χ0v) is 14.6. The molecule has 1 saturated heterocycles. The van der Waals surface area contributed by atoms with Gasteiger partial charge in [-0.05, 0) is 17.7 Å². The van der Waals surface area contributed by atoms with Gasteiger partial charge >= 0.3 is 0 Å². The van der Waals surface area contributed by atoms with Crippen molar-refractivity contribution in [2.45, 2.75) is 12.5 Å². The van der Waals surface area contributed by atoms with Crippen LogP contribution in [0.25, 0.3) is 6.08 Å². The van der Waals surface area contributed by atoms with E-state index in [-0.39, 0.29) is 23.2 Å². The molecule has 0 saturated carbocycles. The van der Waals surface area contributed by atoms with Crippen LogP contribution in [0.1, 0.15) is 16.8 Å². The van der Waals surface area contributed by atoms with Crippen LogP contribution in [0.2, 0.25) is 0 Å². The molecule has 1 fully saturated rings. The minimum Gasteiger partial charge on any atom is -0.328 e. The topological polar surface area (TPSA) is 77.3 Å². The highest BCUT2D eigenvalue weighted by Gasteiger charge is 2.39. The van der Waals surface area contributed by atoms with Gasteiger partial charge in [-0.2, -0.15) is 5.26 Å². The first-order chi connectivity index (χ1) is 12.5. The molecule has 1 aliphatic heterocycles. The summed E-state index contributed by atoms with van der Waals surface area (Å²) in [5.74, 6) is -0.426. The highest BCUT2D eigenvalue weighted by molar-refractivity contribution is 6.07. The number of nitrogens with zero attached hydrogens (tertiary/aromatic N) is 4. The van der Waals surface area contributed by atoms with Gasteiger partial charge < -0.3 is 9.80 Å². The van der Waals surface area contributed by atoms with E-state index in [1.807, 2.05) is 36.4 Å². The largest absolute Gasteiger partial charge is 0.328 e. The number of nitriles is 1. The second-order valence-electron chi connectivity index (χ2n) is 6.10.